The molecule has 17 heavy (non-hydrogen) atoms. The number of nitrogens with zero attached hydrogens (tertiary/aromatic N) is 1. The van der Waals surface area contributed by atoms with Gasteiger partial charge in [0.25, 0.3) is 0 Å². The van der Waals surface area contributed by atoms with Crippen molar-refractivity contribution in [1.82, 2.24) is 10.4 Å². The van der Waals surface area contributed by atoms with Crippen LogP contribution in [-0.4, -0.2) is 4.98 Å². The SMILES string of the molecule is Cc1cccc(CC(NN)c2ccncc2)c1. The Morgan fingerprint density at radius 1 is 1.24 bits per heavy atom. The second-order valence-corrected chi connectivity index (χ2v) is 4.19. The summed E-state index contributed by atoms with van der Waals surface area (Å²) >= 11 is 0. The van der Waals surface area contributed by atoms with Crippen molar-refractivity contribution in [1.29, 1.82) is 0 Å². The molecule has 1 atom stereocenters. The zero-order valence-corrected chi connectivity index (χ0v) is 9.93. The predicted molar refractivity (Wildman–Crippen MR) is 69.2 cm³/mol. The highest BCUT2D eigenvalue weighted by molar-refractivity contribution is 5.25. The van der Waals surface area contributed by atoms with E-state index < -0.39 is 0 Å². The lowest BCUT2D eigenvalue weighted by Crippen LogP contribution is -2.29. The number of hydrogen-bond donors (Lipinski definition) is 2. The summed E-state index contributed by atoms with van der Waals surface area (Å²) in [4.78, 5) is 4.01. The van der Waals surface area contributed by atoms with Crippen LogP contribution in [0.15, 0.2) is 48.8 Å². The van der Waals surface area contributed by atoms with Crippen molar-refractivity contribution < 1.29 is 0 Å². The van der Waals surface area contributed by atoms with Crippen LogP contribution >= 0.6 is 0 Å². The largest absolute Gasteiger partial charge is 0.271 e. The zero-order chi connectivity index (χ0) is 12.1. The van der Waals surface area contributed by atoms with E-state index in [1.807, 2.05) is 12.1 Å². The minimum Gasteiger partial charge on any atom is -0.271 e. The van der Waals surface area contributed by atoms with E-state index in [-0.39, 0.29) is 6.04 Å². The summed E-state index contributed by atoms with van der Waals surface area (Å²) in [6, 6.07) is 12.6. The van der Waals surface area contributed by atoms with E-state index in [4.69, 9.17) is 5.84 Å². The maximum absolute atomic E-state index is 5.62. The van der Waals surface area contributed by atoms with Crippen LogP contribution in [-0.2, 0) is 6.42 Å². The molecular formula is C14H17N3. The van der Waals surface area contributed by atoms with Crippen molar-refractivity contribution in [2.24, 2.45) is 5.84 Å². The zero-order valence-electron chi connectivity index (χ0n) is 9.93. The van der Waals surface area contributed by atoms with Crippen molar-refractivity contribution in [3.8, 4) is 0 Å². The number of hydrazine groups is 1. The van der Waals surface area contributed by atoms with Crippen LogP contribution in [0.1, 0.15) is 22.7 Å². The van der Waals surface area contributed by atoms with Crippen LogP contribution < -0.4 is 11.3 Å². The number of nitrogens with one attached hydrogen (secondary N) is 1. The van der Waals surface area contributed by atoms with Gasteiger partial charge >= 0.3 is 0 Å². The molecule has 3 heteroatoms. The lowest BCUT2D eigenvalue weighted by molar-refractivity contribution is 0.551. The first-order chi connectivity index (χ1) is 8.29. The highest BCUT2D eigenvalue weighted by atomic mass is 15.2. The van der Waals surface area contributed by atoms with Crippen LogP contribution in [0.4, 0.5) is 0 Å². The highest BCUT2D eigenvalue weighted by Gasteiger charge is 2.09. The molecule has 0 radical (unpaired) electrons. The van der Waals surface area contributed by atoms with Gasteiger partial charge in [-0.15, -0.1) is 0 Å². The Balaban J connectivity index is 2.16. The molecule has 0 fully saturated rings. The Kier molecular flexibility index (Phi) is 3.85. The smallest absolute Gasteiger partial charge is 0.0501 e. The lowest BCUT2D eigenvalue weighted by atomic mass is 9.99. The molecule has 0 aliphatic heterocycles. The molecule has 88 valence electrons. The van der Waals surface area contributed by atoms with Gasteiger partial charge in [-0.3, -0.25) is 16.3 Å². The summed E-state index contributed by atoms with van der Waals surface area (Å²) in [7, 11) is 0. The number of nitrogens with two attached hydrogens (primary N) is 1. The van der Waals surface area contributed by atoms with Gasteiger partial charge < -0.3 is 0 Å². The molecular weight excluding hydrogens is 210 g/mol. The van der Waals surface area contributed by atoms with Crippen molar-refractivity contribution in [3.63, 3.8) is 0 Å². The first-order valence-corrected chi connectivity index (χ1v) is 5.71. The fourth-order valence-corrected chi connectivity index (χ4v) is 1.94. The van der Waals surface area contributed by atoms with Gasteiger partial charge in [0.1, 0.15) is 0 Å². The first-order valence-electron chi connectivity index (χ1n) is 5.71. The predicted octanol–water partition coefficient (Wildman–Crippen LogP) is 2.14. The normalized spacial score (nSPS) is 12.4. The highest BCUT2D eigenvalue weighted by Crippen LogP contribution is 2.17. The Morgan fingerprint density at radius 2 is 2.00 bits per heavy atom. The van der Waals surface area contributed by atoms with Crippen molar-refractivity contribution >= 4 is 0 Å². The summed E-state index contributed by atoms with van der Waals surface area (Å²) < 4.78 is 0. The number of aryl methyl sites for hydroxylation is 1. The third kappa shape index (κ3) is 3.12. The number of pyridine rings is 1. The van der Waals surface area contributed by atoms with E-state index in [2.05, 4.69) is 41.6 Å². The maximum atomic E-state index is 5.62. The van der Waals surface area contributed by atoms with Crippen LogP contribution in [0.25, 0.3) is 0 Å². The van der Waals surface area contributed by atoms with Gasteiger partial charge in [0, 0.05) is 12.4 Å². The summed E-state index contributed by atoms with van der Waals surface area (Å²) in [6.07, 6.45) is 4.45. The first kappa shape index (κ1) is 11.8. The standard InChI is InChI=1S/C14H17N3/c1-11-3-2-4-12(9-11)10-14(17-15)13-5-7-16-8-6-13/h2-9,14,17H,10,15H2,1H3. The molecule has 0 amide bonds. The molecule has 2 rings (SSSR count). The molecule has 0 bridgehead atoms. The van der Waals surface area contributed by atoms with Crippen LogP contribution in [0.5, 0.6) is 0 Å². The molecule has 1 aromatic heterocycles. The van der Waals surface area contributed by atoms with E-state index in [0.29, 0.717) is 0 Å². The fourth-order valence-electron chi connectivity index (χ4n) is 1.94. The molecule has 3 nitrogen and oxygen atoms in total. The summed E-state index contributed by atoms with van der Waals surface area (Å²) in [5.41, 5.74) is 6.57. The maximum Gasteiger partial charge on any atom is 0.0501 e. The van der Waals surface area contributed by atoms with Gasteiger partial charge in [-0.25, -0.2) is 0 Å². The average molecular weight is 227 g/mol. The summed E-state index contributed by atoms with van der Waals surface area (Å²) in [5.74, 6) is 5.62. The van der Waals surface area contributed by atoms with Crippen LogP contribution in [0.3, 0.4) is 0 Å². The van der Waals surface area contributed by atoms with Crippen LogP contribution in [0.2, 0.25) is 0 Å². The molecule has 0 aliphatic rings. The number of aromatic nitrogens is 1. The fraction of sp³-hybridized carbons (Fsp3) is 0.214. The second kappa shape index (κ2) is 5.57. The van der Waals surface area contributed by atoms with Gasteiger partial charge in [-0.1, -0.05) is 29.8 Å². The molecule has 0 saturated heterocycles. The Bertz CT molecular complexity index is 468. The average Bonchev–Trinajstić information content (AvgIpc) is 2.37. The third-order valence-corrected chi connectivity index (χ3v) is 2.83. The van der Waals surface area contributed by atoms with Crippen LogP contribution in [0, 0.1) is 6.92 Å². The van der Waals surface area contributed by atoms with Crippen molar-refractivity contribution in [2.45, 2.75) is 19.4 Å². The number of rotatable bonds is 4. The topological polar surface area (TPSA) is 50.9 Å². The molecule has 0 aliphatic carbocycles. The van der Waals surface area contributed by atoms with Gasteiger partial charge in [0.15, 0.2) is 0 Å². The molecule has 1 heterocycles. The molecule has 1 aromatic carbocycles. The monoisotopic (exact) mass is 227 g/mol. The van der Waals surface area contributed by atoms with E-state index >= 15 is 0 Å². The molecule has 0 saturated carbocycles. The van der Waals surface area contributed by atoms with Gasteiger partial charge in [-0.05, 0) is 36.6 Å². The molecule has 0 spiro atoms. The van der Waals surface area contributed by atoms with Gasteiger partial charge in [-0.2, -0.15) is 0 Å². The van der Waals surface area contributed by atoms with Crippen molar-refractivity contribution in [2.75, 3.05) is 0 Å². The Labute approximate surface area is 102 Å². The Hall–Kier alpha value is -1.71. The van der Waals surface area contributed by atoms with Crippen molar-refractivity contribution in [3.05, 3.63) is 65.5 Å². The van der Waals surface area contributed by atoms with E-state index in [0.717, 1.165) is 12.0 Å². The number of benzene rings is 1. The van der Waals surface area contributed by atoms with E-state index in [1.54, 1.807) is 12.4 Å². The van der Waals surface area contributed by atoms with Gasteiger partial charge in [0.2, 0.25) is 0 Å². The molecule has 2 aromatic rings. The quantitative estimate of drug-likeness (QED) is 0.621. The molecule has 3 N–H and O–H groups in total. The molecule has 1 unspecified atom stereocenters. The minimum atomic E-state index is 0.125. The second-order valence-electron chi connectivity index (χ2n) is 4.19. The minimum absolute atomic E-state index is 0.125. The lowest BCUT2D eigenvalue weighted by Gasteiger charge is -2.16. The Morgan fingerprint density at radius 3 is 2.65 bits per heavy atom. The number of hydrogen-bond acceptors (Lipinski definition) is 3. The van der Waals surface area contributed by atoms with E-state index in [1.165, 1.54) is 11.1 Å². The summed E-state index contributed by atoms with van der Waals surface area (Å²) in [5, 5.41) is 0. The van der Waals surface area contributed by atoms with Gasteiger partial charge in [0.05, 0.1) is 6.04 Å². The third-order valence-electron chi connectivity index (χ3n) is 2.83. The summed E-state index contributed by atoms with van der Waals surface area (Å²) in [6.45, 7) is 2.10. The van der Waals surface area contributed by atoms with E-state index in [9.17, 15) is 0 Å².